The Morgan fingerprint density at radius 2 is 1.85 bits per heavy atom. The van der Waals surface area contributed by atoms with Crippen LogP contribution in [0.3, 0.4) is 0 Å². The van der Waals surface area contributed by atoms with E-state index in [1.807, 2.05) is 18.2 Å². The monoisotopic (exact) mass is 565 g/mol. The van der Waals surface area contributed by atoms with Crippen molar-refractivity contribution in [2.24, 2.45) is 7.05 Å². The van der Waals surface area contributed by atoms with Crippen LogP contribution in [0.4, 0.5) is 17.6 Å². The van der Waals surface area contributed by atoms with Crippen LogP contribution in [-0.4, -0.2) is 40.0 Å². The van der Waals surface area contributed by atoms with Gasteiger partial charge in [0.15, 0.2) is 11.4 Å². The third kappa shape index (κ3) is 5.59. The highest BCUT2D eigenvalue weighted by atomic mass is 19.4. The van der Waals surface area contributed by atoms with E-state index in [-0.39, 0.29) is 23.5 Å². The van der Waals surface area contributed by atoms with Crippen molar-refractivity contribution in [1.29, 1.82) is 0 Å². The lowest BCUT2D eigenvalue weighted by molar-refractivity contribution is -0.136. The standard InChI is InChI=1S/C30H27F4N5O2/c1-39-16-36-38-28(39)24-14-22(31)5-6-23(24)20-11-19(18-3-4-18)12-21(13-20)29-37-26-10-17(15-35-7-8-40-2)9-25(27(26)41-29)30(32,33)34/h5-6,9-14,16,18,35H,3-4,7-8,15H2,1-2H3. The van der Waals surface area contributed by atoms with E-state index in [9.17, 15) is 17.6 Å². The zero-order chi connectivity index (χ0) is 28.7. The maximum absolute atomic E-state index is 14.4. The van der Waals surface area contributed by atoms with Gasteiger partial charge < -0.3 is 19.0 Å². The fourth-order valence-corrected chi connectivity index (χ4v) is 5.00. The molecule has 41 heavy (non-hydrogen) atoms. The molecule has 1 N–H and O–H groups in total. The van der Waals surface area contributed by atoms with E-state index in [1.165, 1.54) is 18.5 Å². The Morgan fingerprint density at radius 1 is 1.05 bits per heavy atom. The summed E-state index contributed by atoms with van der Waals surface area (Å²) in [4.78, 5) is 4.51. The van der Waals surface area contributed by atoms with Gasteiger partial charge in [0.1, 0.15) is 23.2 Å². The van der Waals surface area contributed by atoms with Gasteiger partial charge in [-0.3, -0.25) is 0 Å². The number of hydrogen-bond acceptors (Lipinski definition) is 6. The molecule has 0 spiro atoms. The average Bonchev–Trinajstić information content (AvgIpc) is 3.57. The summed E-state index contributed by atoms with van der Waals surface area (Å²) in [6.45, 7) is 1.16. The molecule has 2 aromatic heterocycles. The molecule has 5 aromatic rings. The van der Waals surface area contributed by atoms with Crippen molar-refractivity contribution in [3.8, 4) is 34.0 Å². The van der Waals surface area contributed by atoms with Crippen LogP contribution >= 0.6 is 0 Å². The Bertz CT molecular complexity index is 1720. The van der Waals surface area contributed by atoms with Gasteiger partial charge in [0.2, 0.25) is 5.89 Å². The molecule has 2 heterocycles. The maximum Gasteiger partial charge on any atom is 0.420 e. The molecule has 0 amide bonds. The van der Waals surface area contributed by atoms with Crippen molar-refractivity contribution in [1.82, 2.24) is 25.1 Å². The normalized spacial score (nSPS) is 13.8. The number of nitrogens with one attached hydrogen (secondary N) is 1. The first-order valence-corrected chi connectivity index (χ1v) is 13.2. The predicted molar refractivity (Wildman–Crippen MR) is 145 cm³/mol. The van der Waals surface area contributed by atoms with Gasteiger partial charge in [-0.1, -0.05) is 12.1 Å². The van der Waals surface area contributed by atoms with Crippen LogP contribution in [0.25, 0.3) is 45.1 Å². The summed E-state index contributed by atoms with van der Waals surface area (Å²) >= 11 is 0. The highest BCUT2D eigenvalue weighted by molar-refractivity contribution is 5.85. The second-order valence-corrected chi connectivity index (χ2v) is 10.3. The Kier molecular flexibility index (Phi) is 7.08. The molecule has 1 saturated carbocycles. The SMILES string of the molecule is COCCNCc1cc(C(F)(F)F)c2oc(-c3cc(-c4ccc(F)cc4-c4nncn4C)cc(C4CC4)c3)nc2c1. The minimum Gasteiger partial charge on any atom is -0.435 e. The molecule has 6 rings (SSSR count). The summed E-state index contributed by atoms with van der Waals surface area (Å²) < 4.78 is 69.2. The fourth-order valence-electron chi connectivity index (χ4n) is 5.00. The number of rotatable bonds is 9. The number of methoxy groups -OCH3 is 1. The maximum atomic E-state index is 14.4. The van der Waals surface area contributed by atoms with E-state index in [0.717, 1.165) is 30.0 Å². The molecule has 0 atom stereocenters. The quantitative estimate of drug-likeness (QED) is 0.158. The van der Waals surface area contributed by atoms with Crippen LogP contribution in [0.2, 0.25) is 0 Å². The van der Waals surface area contributed by atoms with Crippen LogP contribution in [0, 0.1) is 5.82 Å². The number of oxazole rings is 1. The number of benzene rings is 3. The van der Waals surface area contributed by atoms with Crippen molar-refractivity contribution in [2.45, 2.75) is 31.5 Å². The molecule has 212 valence electrons. The number of halogens is 4. The van der Waals surface area contributed by atoms with E-state index in [4.69, 9.17) is 9.15 Å². The Hall–Kier alpha value is -4.09. The zero-order valence-corrected chi connectivity index (χ0v) is 22.4. The summed E-state index contributed by atoms with van der Waals surface area (Å²) in [5.74, 6) is 0.478. The Morgan fingerprint density at radius 3 is 2.56 bits per heavy atom. The van der Waals surface area contributed by atoms with E-state index in [2.05, 4.69) is 20.5 Å². The van der Waals surface area contributed by atoms with Crippen LogP contribution in [0.1, 0.15) is 35.4 Å². The molecule has 0 bridgehead atoms. The Balaban J connectivity index is 1.47. The number of aryl methyl sites for hydroxylation is 1. The van der Waals surface area contributed by atoms with Gasteiger partial charge in [0.25, 0.3) is 0 Å². The fraction of sp³-hybridized carbons (Fsp3) is 0.300. The van der Waals surface area contributed by atoms with E-state index in [0.29, 0.717) is 47.1 Å². The molecule has 7 nitrogen and oxygen atoms in total. The van der Waals surface area contributed by atoms with Crippen molar-refractivity contribution < 1.29 is 26.7 Å². The van der Waals surface area contributed by atoms with Gasteiger partial charge in [-0.2, -0.15) is 13.2 Å². The lowest BCUT2D eigenvalue weighted by Crippen LogP contribution is -2.19. The summed E-state index contributed by atoms with van der Waals surface area (Å²) in [5, 5.41) is 11.2. The van der Waals surface area contributed by atoms with Gasteiger partial charge in [0.05, 0.1) is 6.61 Å². The van der Waals surface area contributed by atoms with Gasteiger partial charge in [-0.25, -0.2) is 9.37 Å². The number of hydrogen-bond donors (Lipinski definition) is 1. The molecular weight excluding hydrogens is 538 g/mol. The van der Waals surface area contributed by atoms with Crippen LogP contribution in [0.15, 0.2) is 59.3 Å². The Labute approximate surface area is 233 Å². The molecule has 0 aliphatic heterocycles. The minimum atomic E-state index is -4.63. The molecule has 0 radical (unpaired) electrons. The smallest absolute Gasteiger partial charge is 0.420 e. The topological polar surface area (TPSA) is 78.0 Å². The zero-order valence-electron chi connectivity index (χ0n) is 22.4. The molecule has 3 aromatic carbocycles. The molecule has 0 saturated heterocycles. The van der Waals surface area contributed by atoms with Crippen molar-refractivity contribution in [2.75, 3.05) is 20.3 Å². The minimum absolute atomic E-state index is 0.0843. The van der Waals surface area contributed by atoms with E-state index < -0.39 is 17.6 Å². The summed E-state index contributed by atoms with van der Waals surface area (Å²) in [6, 6.07) is 12.9. The van der Waals surface area contributed by atoms with Crippen molar-refractivity contribution >= 4 is 11.1 Å². The highest BCUT2D eigenvalue weighted by Crippen LogP contribution is 2.45. The molecule has 1 aliphatic carbocycles. The van der Waals surface area contributed by atoms with E-state index in [1.54, 1.807) is 30.9 Å². The predicted octanol–water partition coefficient (Wildman–Crippen LogP) is 6.73. The molecule has 1 aliphatic rings. The summed E-state index contributed by atoms with van der Waals surface area (Å²) in [6.07, 6.45) is -1.08. The second kappa shape index (κ2) is 10.7. The number of aromatic nitrogens is 4. The summed E-state index contributed by atoms with van der Waals surface area (Å²) in [7, 11) is 3.33. The lowest BCUT2D eigenvalue weighted by atomic mass is 9.94. The molecule has 0 unspecified atom stereocenters. The van der Waals surface area contributed by atoms with Crippen LogP contribution in [-0.2, 0) is 24.5 Å². The average molecular weight is 566 g/mol. The van der Waals surface area contributed by atoms with Crippen LogP contribution < -0.4 is 5.32 Å². The first kappa shape index (κ1) is 27.1. The lowest BCUT2D eigenvalue weighted by Gasteiger charge is -2.13. The van der Waals surface area contributed by atoms with Gasteiger partial charge in [-0.15, -0.1) is 10.2 Å². The number of nitrogens with zero attached hydrogens (tertiary/aromatic N) is 4. The molecule has 11 heteroatoms. The van der Waals surface area contributed by atoms with Gasteiger partial charge >= 0.3 is 6.18 Å². The molecule has 1 fully saturated rings. The van der Waals surface area contributed by atoms with Crippen molar-refractivity contribution in [3.05, 3.63) is 77.4 Å². The van der Waals surface area contributed by atoms with Gasteiger partial charge in [-0.05, 0) is 77.4 Å². The van der Waals surface area contributed by atoms with Crippen molar-refractivity contribution in [3.63, 3.8) is 0 Å². The third-order valence-corrected chi connectivity index (χ3v) is 7.16. The largest absolute Gasteiger partial charge is 0.435 e. The highest BCUT2D eigenvalue weighted by Gasteiger charge is 2.36. The summed E-state index contributed by atoms with van der Waals surface area (Å²) in [5.41, 5.74) is 2.95. The second-order valence-electron chi connectivity index (χ2n) is 10.3. The molecular formula is C30H27F4N5O2. The van der Waals surface area contributed by atoms with E-state index >= 15 is 0 Å². The number of alkyl halides is 3. The first-order valence-electron chi connectivity index (χ1n) is 13.2. The van der Waals surface area contributed by atoms with Crippen LogP contribution in [0.5, 0.6) is 0 Å². The third-order valence-electron chi connectivity index (χ3n) is 7.16. The van der Waals surface area contributed by atoms with Gasteiger partial charge in [0, 0.05) is 38.4 Å². The number of fused-ring (bicyclic) bond motifs is 1. The number of ether oxygens (including phenoxy) is 1. The first-order chi connectivity index (χ1) is 19.7.